The Kier molecular flexibility index (Phi) is 5.65. The molecule has 4 nitrogen and oxygen atoms in total. The summed E-state index contributed by atoms with van der Waals surface area (Å²) in [5, 5.41) is 9.84. The van der Waals surface area contributed by atoms with Crippen LogP contribution >= 0.6 is 27.7 Å². The Morgan fingerprint density at radius 3 is 2.30 bits per heavy atom. The van der Waals surface area contributed by atoms with Gasteiger partial charge < -0.3 is 0 Å². The van der Waals surface area contributed by atoms with Crippen LogP contribution in [-0.2, 0) is 12.3 Å². The van der Waals surface area contributed by atoms with Gasteiger partial charge in [0.15, 0.2) is 11.0 Å². The first-order valence-corrected chi connectivity index (χ1v) is 10.3. The van der Waals surface area contributed by atoms with Crippen LogP contribution in [0.3, 0.4) is 0 Å². The van der Waals surface area contributed by atoms with Crippen LogP contribution in [0, 0.1) is 0 Å². The first-order valence-electron chi connectivity index (χ1n) is 8.54. The van der Waals surface area contributed by atoms with Gasteiger partial charge in [0.05, 0.1) is 6.54 Å². The fraction of sp³-hybridized carbons (Fsp3) is 0.0952. The summed E-state index contributed by atoms with van der Waals surface area (Å²) >= 11 is 5.18. The molecule has 27 heavy (non-hydrogen) atoms. The van der Waals surface area contributed by atoms with Gasteiger partial charge in [0.2, 0.25) is 0 Å². The second-order valence-corrected chi connectivity index (χ2v) is 7.89. The zero-order valence-electron chi connectivity index (χ0n) is 14.5. The van der Waals surface area contributed by atoms with Crippen LogP contribution in [0.15, 0.2) is 88.8 Å². The molecule has 0 N–H and O–H groups in total. The van der Waals surface area contributed by atoms with E-state index in [-0.39, 0.29) is 0 Å². The highest BCUT2D eigenvalue weighted by molar-refractivity contribution is 9.10. The zero-order chi connectivity index (χ0) is 18.5. The lowest BCUT2D eigenvalue weighted by molar-refractivity contribution is 0.714. The third kappa shape index (κ3) is 4.46. The van der Waals surface area contributed by atoms with Gasteiger partial charge in [-0.05, 0) is 35.4 Å². The summed E-state index contributed by atoms with van der Waals surface area (Å²) in [6.45, 7) is 0.730. The van der Waals surface area contributed by atoms with E-state index >= 15 is 0 Å². The van der Waals surface area contributed by atoms with Gasteiger partial charge in [0, 0.05) is 28.2 Å². The first kappa shape index (κ1) is 17.9. The van der Waals surface area contributed by atoms with Crippen molar-refractivity contribution in [1.29, 1.82) is 0 Å². The maximum Gasteiger partial charge on any atom is 0.192 e. The zero-order valence-corrected chi connectivity index (χ0v) is 16.9. The summed E-state index contributed by atoms with van der Waals surface area (Å²) in [6, 6.07) is 22.7. The second kappa shape index (κ2) is 8.50. The Morgan fingerprint density at radius 1 is 0.815 bits per heavy atom. The van der Waals surface area contributed by atoms with Crippen molar-refractivity contribution in [3.05, 3.63) is 94.7 Å². The molecule has 0 saturated carbocycles. The largest absolute Gasteiger partial charge is 0.298 e. The predicted octanol–water partition coefficient (Wildman–Crippen LogP) is 5.44. The normalized spacial score (nSPS) is 10.9. The second-order valence-electron chi connectivity index (χ2n) is 6.03. The average Bonchev–Trinajstić information content (AvgIpc) is 3.11. The molecule has 4 rings (SSSR count). The molecule has 0 bridgehead atoms. The minimum absolute atomic E-state index is 0.730. The van der Waals surface area contributed by atoms with Gasteiger partial charge in [-0.3, -0.25) is 9.55 Å². The Bertz CT molecular complexity index is 1000. The van der Waals surface area contributed by atoms with E-state index in [1.807, 2.05) is 18.2 Å². The van der Waals surface area contributed by atoms with Gasteiger partial charge in [0.25, 0.3) is 0 Å². The maximum absolute atomic E-state index is 4.47. The molecule has 0 atom stereocenters. The third-order valence-electron chi connectivity index (χ3n) is 4.12. The van der Waals surface area contributed by atoms with Crippen molar-refractivity contribution in [3.63, 3.8) is 0 Å². The molecule has 0 spiro atoms. The number of rotatable bonds is 6. The molecule has 134 valence electrons. The van der Waals surface area contributed by atoms with E-state index in [2.05, 4.69) is 84.2 Å². The van der Waals surface area contributed by atoms with Crippen molar-refractivity contribution in [3.8, 4) is 11.4 Å². The van der Waals surface area contributed by atoms with Crippen LogP contribution in [0.5, 0.6) is 0 Å². The van der Waals surface area contributed by atoms with E-state index < -0.39 is 0 Å². The summed E-state index contributed by atoms with van der Waals surface area (Å²) in [5.41, 5.74) is 3.49. The van der Waals surface area contributed by atoms with Crippen molar-refractivity contribution < 1.29 is 0 Å². The van der Waals surface area contributed by atoms with Crippen molar-refractivity contribution in [2.45, 2.75) is 17.5 Å². The molecular weight excluding hydrogens is 420 g/mol. The number of aromatic nitrogens is 4. The van der Waals surface area contributed by atoms with Crippen LogP contribution in [0.1, 0.15) is 11.1 Å². The molecule has 0 aliphatic carbocycles. The van der Waals surface area contributed by atoms with Crippen molar-refractivity contribution >= 4 is 27.7 Å². The number of nitrogens with zero attached hydrogens (tertiary/aromatic N) is 4. The molecule has 2 aromatic carbocycles. The minimum Gasteiger partial charge on any atom is -0.298 e. The molecule has 2 aromatic heterocycles. The van der Waals surface area contributed by atoms with Gasteiger partial charge in [-0.1, -0.05) is 70.2 Å². The quantitative estimate of drug-likeness (QED) is 0.377. The molecule has 0 unspecified atom stereocenters. The molecule has 0 saturated heterocycles. The summed E-state index contributed by atoms with van der Waals surface area (Å²) in [6.07, 6.45) is 3.57. The van der Waals surface area contributed by atoms with E-state index in [0.29, 0.717) is 0 Å². The van der Waals surface area contributed by atoms with E-state index in [1.165, 1.54) is 11.1 Å². The standard InChI is InChI=1S/C21H17BrN4S/c22-19-8-6-17(7-9-19)15-27-21-25-24-20(18-10-12-23-13-11-18)26(21)14-16-4-2-1-3-5-16/h1-13H,14-15H2. The van der Waals surface area contributed by atoms with Gasteiger partial charge in [-0.25, -0.2) is 0 Å². The van der Waals surface area contributed by atoms with E-state index in [0.717, 1.165) is 33.3 Å². The van der Waals surface area contributed by atoms with Crippen molar-refractivity contribution in [2.24, 2.45) is 0 Å². The van der Waals surface area contributed by atoms with Crippen LogP contribution < -0.4 is 0 Å². The average molecular weight is 437 g/mol. The molecule has 0 amide bonds. The Labute approximate surface area is 170 Å². The highest BCUT2D eigenvalue weighted by Gasteiger charge is 2.15. The molecule has 0 aliphatic rings. The van der Waals surface area contributed by atoms with Crippen LogP contribution in [-0.4, -0.2) is 19.7 Å². The van der Waals surface area contributed by atoms with E-state index in [4.69, 9.17) is 0 Å². The van der Waals surface area contributed by atoms with Crippen LogP contribution in [0.4, 0.5) is 0 Å². The van der Waals surface area contributed by atoms with Crippen LogP contribution in [0.2, 0.25) is 0 Å². The topological polar surface area (TPSA) is 43.6 Å². The third-order valence-corrected chi connectivity index (χ3v) is 5.69. The molecule has 6 heteroatoms. The molecule has 4 aromatic rings. The van der Waals surface area contributed by atoms with Gasteiger partial charge in [-0.15, -0.1) is 10.2 Å². The Hall–Kier alpha value is -2.44. The summed E-state index contributed by atoms with van der Waals surface area (Å²) in [4.78, 5) is 4.11. The van der Waals surface area contributed by atoms with Crippen molar-refractivity contribution in [2.75, 3.05) is 0 Å². The molecular formula is C21H17BrN4S. The highest BCUT2D eigenvalue weighted by Crippen LogP contribution is 2.27. The Morgan fingerprint density at radius 2 is 1.56 bits per heavy atom. The maximum atomic E-state index is 4.47. The SMILES string of the molecule is Brc1ccc(CSc2nnc(-c3ccncc3)n2Cc2ccccc2)cc1. The minimum atomic E-state index is 0.730. The van der Waals surface area contributed by atoms with E-state index in [1.54, 1.807) is 24.2 Å². The lowest BCUT2D eigenvalue weighted by Gasteiger charge is -2.10. The van der Waals surface area contributed by atoms with E-state index in [9.17, 15) is 0 Å². The van der Waals surface area contributed by atoms with Gasteiger partial charge in [-0.2, -0.15) is 0 Å². The van der Waals surface area contributed by atoms with Gasteiger partial charge >= 0.3 is 0 Å². The number of hydrogen-bond donors (Lipinski definition) is 0. The fourth-order valence-electron chi connectivity index (χ4n) is 2.75. The Balaban J connectivity index is 1.64. The van der Waals surface area contributed by atoms with Crippen LogP contribution in [0.25, 0.3) is 11.4 Å². The first-order chi connectivity index (χ1) is 13.3. The summed E-state index contributed by atoms with van der Waals surface area (Å²) in [7, 11) is 0. The predicted molar refractivity (Wildman–Crippen MR) is 112 cm³/mol. The highest BCUT2D eigenvalue weighted by atomic mass is 79.9. The molecule has 2 heterocycles. The van der Waals surface area contributed by atoms with Crippen molar-refractivity contribution in [1.82, 2.24) is 19.7 Å². The fourth-order valence-corrected chi connectivity index (χ4v) is 3.91. The molecule has 0 radical (unpaired) electrons. The summed E-state index contributed by atoms with van der Waals surface area (Å²) < 4.78 is 3.26. The number of halogens is 1. The lowest BCUT2D eigenvalue weighted by Crippen LogP contribution is -2.04. The summed E-state index contributed by atoms with van der Waals surface area (Å²) in [5.74, 6) is 1.70. The monoisotopic (exact) mass is 436 g/mol. The number of hydrogen-bond acceptors (Lipinski definition) is 4. The smallest absolute Gasteiger partial charge is 0.192 e. The molecule has 0 aliphatic heterocycles. The molecule has 0 fully saturated rings. The van der Waals surface area contributed by atoms with Gasteiger partial charge in [0.1, 0.15) is 0 Å². The number of pyridine rings is 1. The number of benzene rings is 2. The number of thioether (sulfide) groups is 1. The lowest BCUT2D eigenvalue weighted by atomic mass is 10.2.